The summed E-state index contributed by atoms with van der Waals surface area (Å²) in [6, 6.07) is 12.3. The lowest BCUT2D eigenvalue weighted by molar-refractivity contribution is -0.384. The molecule has 7 nitrogen and oxygen atoms in total. The number of nitrogens with one attached hydrogen (secondary N) is 1. The van der Waals surface area contributed by atoms with Gasteiger partial charge in [-0.25, -0.2) is 4.98 Å². The number of alkyl halides is 3. The third-order valence-corrected chi connectivity index (χ3v) is 4.14. The van der Waals surface area contributed by atoms with Gasteiger partial charge in [0.2, 0.25) is 5.95 Å². The molecule has 0 unspecified atom stereocenters. The predicted molar refractivity (Wildman–Crippen MR) is 103 cm³/mol. The number of aryl methyl sites for hydroxylation is 1. The highest BCUT2D eigenvalue weighted by Crippen LogP contribution is 2.36. The van der Waals surface area contributed by atoms with E-state index in [9.17, 15) is 23.3 Å². The maximum absolute atomic E-state index is 13.4. The van der Waals surface area contributed by atoms with Crippen LogP contribution in [0, 0.1) is 17.0 Å². The lowest BCUT2D eigenvalue weighted by Crippen LogP contribution is -2.17. The molecule has 3 aromatic rings. The van der Waals surface area contributed by atoms with Crippen molar-refractivity contribution in [2.24, 2.45) is 0 Å². The van der Waals surface area contributed by atoms with Crippen molar-refractivity contribution in [1.82, 2.24) is 9.97 Å². The summed E-state index contributed by atoms with van der Waals surface area (Å²) in [5, 5.41) is 13.3. The fourth-order valence-corrected chi connectivity index (χ4v) is 2.52. The lowest BCUT2D eigenvalue weighted by atomic mass is 10.2. The average molecular weight is 403 g/mol. The number of nitro benzene ring substituents is 1. The first kappa shape index (κ1) is 20.1. The van der Waals surface area contributed by atoms with E-state index in [-0.39, 0.29) is 17.3 Å². The Morgan fingerprint density at radius 2 is 1.69 bits per heavy atom. The minimum absolute atomic E-state index is 0.0614. The van der Waals surface area contributed by atoms with E-state index in [2.05, 4.69) is 15.3 Å². The molecule has 0 fully saturated rings. The SMILES string of the molecule is Cc1ccc(N(C)c2ncc(C(F)(F)F)c(Nc3ccc([N+](=O)[O-])cc3)n2)cc1. The molecule has 0 saturated carbocycles. The van der Waals surface area contributed by atoms with Gasteiger partial charge in [-0.15, -0.1) is 0 Å². The van der Waals surface area contributed by atoms with E-state index in [0.717, 1.165) is 5.56 Å². The standard InChI is InChI=1S/C19H16F3N5O2/c1-12-3-7-14(8-4-12)26(2)18-23-11-16(19(20,21)22)17(25-18)24-13-5-9-15(10-6-13)27(28)29/h3-11H,1-2H3,(H,23,24,25). The fourth-order valence-electron chi connectivity index (χ4n) is 2.52. The molecule has 0 atom stereocenters. The molecule has 1 heterocycles. The summed E-state index contributed by atoms with van der Waals surface area (Å²) < 4.78 is 40.2. The van der Waals surface area contributed by atoms with Gasteiger partial charge in [0.1, 0.15) is 11.4 Å². The van der Waals surface area contributed by atoms with Crippen molar-refractivity contribution >= 4 is 28.8 Å². The van der Waals surface area contributed by atoms with Gasteiger partial charge in [-0.05, 0) is 31.2 Å². The number of nitro groups is 1. The first-order chi connectivity index (χ1) is 13.6. The van der Waals surface area contributed by atoms with Crippen molar-refractivity contribution in [3.05, 3.63) is 76.0 Å². The third kappa shape index (κ3) is 4.60. The molecule has 0 bridgehead atoms. The Labute approximate surface area is 164 Å². The second kappa shape index (κ2) is 7.74. The number of aromatic nitrogens is 2. The van der Waals surface area contributed by atoms with Crippen molar-refractivity contribution in [1.29, 1.82) is 0 Å². The van der Waals surface area contributed by atoms with Gasteiger partial charge in [-0.3, -0.25) is 10.1 Å². The van der Waals surface area contributed by atoms with Gasteiger partial charge < -0.3 is 10.2 Å². The fraction of sp³-hybridized carbons (Fsp3) is 0.158. The molecular formula is C19H16F3N5O2. The zero-order valence-electron chi connectivity index (χ0n) is 15.4. The predicted octanol–water partition coefficient (Wildman–Crippen LogP) is 5.22. The van der Waals surface area contributed by atoms with E-state index in [0.29, 0.717) is 11.9 Å². The van der Waals surface area contributed by atoms with Crippen LogP contribution >= 0.6 is 0 Å². The number of benzene rings is 2. The highest BCUT2D eigenvalue weighted by atomic mass is 19.4. The molecule has 1 N–H and O–H groups in total. The number of anilines is 4. The molecule has 150 valence electrons. The molecule has 0 aliphatic rings. The van der Waals surface area contributed by atoms with Crippen LogP contribution < -0.4 is 10.2 Å². The van der Waals surface area contributed by atoms with Gasteiger partial charge in [0, 0.05) is 36.8 Å². The maximum atomic E-state index is 13.4. The Balaban J connectivity index is 1.97. The number of halogens is 3. The van der Waals surface area contributed by atoms with E-state index in [4.69, 9.17) is 0 Å². The highest BCUT2D eigenvalue weighted by molar-refractivity contribution is 5.64. The van der Waals surface area contributed by atoms with E-state index in [1.54, 1.807) is 24.1 Å². The second-order valence-electron chi connectivity index (χ2n) is 6.25. The molecule has 1 aromatic heterocycles. The zero-order valence-corrected chi connectivity index (χ0v) is 15.4. The number of non-ortho nitro benzene ring substituents is 1. The molecule has 3 rings (SSSR count). The maximum Gasteiger partial charge on any atom is 0.421 e. The van der Waals surface area contributed by atoms with Gasteiger partial charge in [-0.1, -0.05) is 17.7 Å². The Kier molecular flexibility index (Phi) is 5.35. The first-order valence-electron chi connectivity index (χ1n) is 8.41. The van der Waals surface area contributed by atoms with Crippen LogP contribution in [0.1, 0.15) is 11.1 Å². The number of rotatable bonds is 5. The Hall–Kier alpha value is -3.69. The monoisotopic (exact) mass is 403 g/mol. The summed E-state index contributed by atoms with van der Waals surface area (Å²) in [6.45, 7) is 1.92. The molecule has 2 aromatic carbocycles. The number of nitrogens with zero attached hydrogens (tertiary/aromatic N) is 4. The molecule has 0 aliphatic heterocycles. The van der Waals surface area contributed by atoms with Gasteiger partial charge in [-0.2, -0.15) is 18.2 Å². The second-order valence-corrected chi connectivity index (χ2v) is 6.25. The van der Waals surface area contributed by atoms with Crippen LogP contribution in [0.15, 0.2) is 54.7 Å². The zero-order chi connectivity index (χ0) is 21.2. The summed E-state index contributed by atoms with van der Waals surface area (Å²) >= 11 is 0. The van der Waals surface area contributed by atoms with Crippen LogP contribution in [0.25, 0.3) is 0 Å². The first-order valence-corrected chi connectivity index (χ1v) is 8.41. The Bertz CT molecular complexity index is 1020. The van der Waals surface area contributed by atoms with Crippen LogP contribution in [0.2, 0.25) is 0 Å². The van der Waals surface area contributed by atoms with Crippen LogP contribution in [0.4, 0.5) is 42.0 Å². The van der Waals surface area contributed by atoms with Crippen molar-refractivity contribution in [3.8, 4) is 0 Å². The van der Waals surface area contributed by atoms with Crippen LogP contribution in [0.3, 0.4) is 0 Å². The van der Waals surface area contributed by atoms with E-state index >= 15 is 0 Å². The van der Waals surface area contributed by atoms with Crippen LogP contribution in [-0.2, 0) is 6.18 Å². The van der Waals surface area contributed by atoms with Gasteiger partial charge in [0.25, 0.3) is 5.69 Å². The summed E-state index contributed by atoms with van der Waals surface area (Å²) in [4.78, 5) is 19.6. The Morgan fingerprint density at radius 3 is 2.24 bits per heavy atom. The summed E-state index contributed by atoms with van der Waals surface area (Å²) in [5.74, 6) is -0.387. The molecule has 0 radical (unpaired) electrons. The molecule has 10 heteroatoms. The van der Waals surface area contributed by atoms with E-state index in [1.807, 2.05) is 19.1 Å². The van der Waals surface area contributed by atoms with Gasteiger partial charge >= 0.3 is 6.18 Å². The number of hydrogen-bond donors (Lipinski definition) is 1. The molecule has 0 aliphatic carbocycles. The van der Waals surface area contributed by atoms with E-state index in [1.165, 1.54) is 24.3 Å². The van der Waals surface area contributed by atoms with Crippen molar-refractivity contribution < 1.29 is 18.1 Å². The van der Waals surface area contributed by atoms with Gasteiger partial charge in [0.05, 0.1) is 4.92 Å². The molecular weight excluding hydrogens is 387 g/mol. The molecule has 0 spiro atoms. The van der Waals surface area contributed by atoms with Crippen LogP contribution in [0.5, 0.6) is 0 Å². The minimum atomic E-state index is -4.68. The highest BCUT2D eigenvalue weighted by Gasteiger charge is 2.35. The Morgan fingerprint density at radius 1 is 1.07 bits per heavy atom. The lowest BCUT2D eigenvalue weighted by Gasteiger charge is -2.20. The topological polar surface area (TPSA) is 84.2 Å². The van der Waals surface area contributed by atoms with Crippen molar-refractivity contribution in [2.45, 2.75) is 13.1 Å². The summed E-state index contributed by atoms with van der Waals surface area (Å²) in [5.41, 5.74) is 0.752. The molecule has 0 saturated heterocycles. The average Bonchev–Trinajstić information content (AvgIpc) is 2.67. The molecule has 0 amide bonds. The van der Waals surface area contributed by atoms with Crippen LogP contribution in [-0.4, -0.2) is 21.9 Å². The minimum Gasteiger partial charge on any atom is -0.340 e. The molecule has 29 heavy (non-hydrogen) atoms. The summed E-state index contributed by atoms with van der Waals surface area (Å²) in [6.07, 6.45) is -3.97. The normalized spacial score (nSPS) is 11.2. The summed E-state index contributed by atoms with van der Waals surface area (Å²) in [7, 11) is 1.64. The largest absolute Gasteiger partial charge is 0.421 e. The quantitative estimate of drug-likeness (QED) is 0.464. The van der Waals surface area contributed by atoms with Crippen molar-refractivity contribution in [2.75, 3.05) is 17.3 Å². The van der Waals surface area contributed by atoms with E-state index < -0.39 is 22.5 Å². The smallest absolute Gasteiger partial charge is 0.340 e. The third-order valence-electron chi connectivity index (χ3n) is 4.14. The number of hydrogen-bond acceptors (Lipinski definition) is 6. The van der Waals surface area contributed by atoms with Crippen molar-refractivity contribution in [3.63, 3.8) is 0 Å². The van der Waals surface area contributed by atoms with Gasteiger partial charge in [0.15, 0.2) is 0 Å².